The maximum atomic E-state index is 11.6. The highest BCUT2D eigenvalue weighted by molar-refractivity contribution is 9.10. The maximum Gasteiger partial charge on any atom is 0.176 e. The van der Waals surface area contributed by atoms with Crippen molar-refractivity contribution in [3.63, 3.8) is 0 Å². The van der Waals surface area contributed by atoms with Crippen molar-refractivity contribution in [2.45, 2.75) is 18.2 Å². The lowest BCUT2D eigenvalue weighted by molar-refractivity contribution is 0.0990. The van der Waals surface area contributed by atoms with Crippen molar-refractivity contribution < 1.29 is 15.0 Å². The molecule has 1 aromatic rings. The van der Waals surface area contributed by atoms with Crippen LogP contribution in [0.1, 0.15) is 23.7 Å². The number of carbonyl (C=O) groups excluding carboxylic acids is 1. The predicted molar refractivity (Wildman–Crippen MR) is 57.1 cm³/mol. The Balaban J connectivity index is 2.97. The van der Waals surface area contributed by atoms with E-state index in [4.69, 9.17) is 5.11 Å². The number of halogens is 1. The quantitative estimate of drug-likeness (QED) is 0.498. The minimum atomic E-state index is -0.272. The lowest BCUT2D eigenvalue weighted by atomic mass is 10.1. The summed E-state index contributed by atoms with van der Waals surface area (Å²) in [5, 5.41) is 18.2. The van der Waals surface area contributed by atoms with Crippen molar-refractivity contribution in [1.82, 2.24) is 0 Å². The maximum absolute atomic E-state index is 11.6. The molecular formula is C10H11BrO3. The molecule has 0 saturated carbocycles. The van der Waals surface area contributed by atoms with Crippen LogP contribution in [-0.2, 0) is 0 Å². The second-order valence-electron chi connectivity index (χ2n) is 2.94. The Morgan fingerprint density at radius 3 is 2.57 bits per heavy atom. The number of rotatable bonds is 3. The number of aromatic hydroxyl groups is 2. The van der Waals surface area contributed by atoms with E-state index in [9.17, 15) is 9.90 Å². The van der Waals surface area contributed by atoms with Gasteiger partial charge in [0.1, 0.15) is 0 Å². The third-order valence-electron chi connectivity index (χ3n) is 1.90. The molecule has 0 aliphatic carbocycles. The normalized spacial score (nSPS) is 12.4. The van der Waals surface area contributed by atoms with E-state index in [0.717, 1.165) is 0 Å². The van der Waals surface area contributed by atoms with Crippen molar-refractivity contribution in [1.29, 1.82) is 0 Å². The van der Waals surface area contributed by atoms with Crippen LogP contribution in [0.5, 0.6) is 11.5 Å². The van der Waals surface area contributed by atoms with Crippen LogP contribution in [0.25, 0.3) is 0 Å². The first-order chi connectivity index (χ1) is 6.56. The van der Waals surface area contributed by atoms with Gasteiger partial charge < -0.3 is 10.2 Å². The third kappa shape index (κ3) is 2.26. The average molecular weight is 259 g/mol. The summed E-state index contributed by atoms with van der Waals surface area (Å²) in [5.74, 6) is -0.585. The first-order valence-corrected chi connectivity index (χ1v) is 5.18. The average Bonchev–Trinajstić information content (AvgIpc) is 2.20. The molecule has 76 valence electrons. The fourth-order valence-electron chi connectivity index (χ4n) is 1.04. The summed E-state index contributed by atoms with van der Waals surface area (Å²) in [7, 11) is 0. The summed E-state index contributed by atoms with van der Waals surface area (Å²) in [6, 6.07) is 4.06. The Hall–Kier alpha value is -1.03. The number of hydrogen-bond acceptors (Lipinski definition) is 3. The highest BCUT2D eigenvalue weighted by Gasteiger charge is 2.15. The second-order valence-corrected chi connectivity index (χ2v) is 4.05. The molecule has 0 unspecified atom stereocenters. The minimum Gasteiger partial charge on any atom is -0.504 e. The van der Waals surface area contributed by atoms with Crippen LogP contribution >= 0.6 is 15.9 Å². The topological polar surface area (TPSA) is 57.5 Å². The summed E-state index contributed by atoms with van der Waals surface area (Å²) < 4.78 is 0. The van der Waals surface area contributed by atoms with Gasteiger partial charge >= 0.3 is 0 Å². The van der Waals surface area contributed by atoms with Crippen LogP contribution in [0.4, 0.5) is 0 Å². The van der Waals surface area contributed by atoms with Gasteiger partial charge in [-0.05, 0) is 24.6 Å². The van der Waals surface area contributed by atoms with Crippen molar-refractivity contribution in [2.24, 2.45) is 0 Å². The van der Waals surface area contributed by atoms with Crippen LogP contribution < -0.4 is 0 Å². The SMILES string of the molecule is CC[C@H](Br)C(=O)c1ccc(O)c(O)c1. The van der Waals surface area contributed by atoms with E-state index >= 15 is 0 Å². The van der Waals surface area contributed by atoms with Crippen molar-refractivity contribution in [3.8, 4) is 11.5 Å². The third-order valence-corrected chi connectivity index (χ3v) is 2.97. The molecule has 0 spiro atoms. The van der Waals surface area contributed by atoms with E-state index in [2.05, 4.69) is 15.9 Å². The van der Waals surface area contributed by atoms with Gasteiger partial charge in [-0.3, -0.25) is 4.79 Å². The van der Waals surface area contributed by atoms with Gasteiger partial charge in [-0.1, -0.05) is 22.9 Å². The van der Waals surface area contributed by atoms with Gasteiger partial charge in [0.15, 0.2) is 17.3 Å². The zero-order chi connectivity index (χ0) is 10.7. The van der Waals surface area contributed by atoms with E-state index in [1.54, 1.807) is 0 Å². The van der Waals surface area contributed by atoms with Crippen LogP contribution in [0.15, 0.2) is 18.2 Å². The second kappa shape index (κ2) is 4.46. The summed E-state index contributed by atoms with van der Waals surface area (Å²) >= 11 is 3.23. The largest absolute Gasteiger partial charge is 0.504 e. The first-order valence-electron chi connectivity index (χ1n) is 4.26. The monoisotopic (exact) mass is 258 g/mol. The smallest absolute Gasteiger partial charge is 0.176 e. The fraction of sp³-hybridized carbons (Fsp3) is 0.300. The Kier molecular flexibility index (Phi) is 3.52. The number of Topliss-reactive ketones (excluding diaryl/α,β-unsaturated/α-hetero) is 1. The number of benzene rings is 1. The summed E-state index contributed by atoms with van der Waals surface area (Å²) in [6.07, 6.45) is 0.681. The van der Waals surface area contributed by atoms with E-state index in [1.807, 2.05) is 6.92 Å². The Bertz CT molecular complexity index is 349. The molecule has 1 rings (SSSR count). The Morgan fingerprint density at radius 2 is 2.07 bits per heavy atom. The number of ketones is 1. The Labute approximate surface area is 90.5 Å². The molecule has 0 aliphatic heterocycles. The van der Waals surface area contributed by atoms with Crippen molar-refractivity contribution in [3.05, 3.63) is 23.8 Å². The number of phenolic OH excluding ortho intramolecular Hbond substituents is 2. The number of hydrogen-bond donors (Lipinski definition) is 2. The highest BCUT2D eigenvalue weighted by atomic mass is 79.9. The van der Waals surface area contributed by atoms with Gasteiger partial charge in [-0.2, -0.15) is 0 Å². The van der Waals surface area contributed by atoms with Crippen LogP contribution in [-0.4, -0.2) is 20.8 Å². The molecular weight excluding hydrogens is 248 g/mol. The molecule has 0 radical (unpaired) electrons. The molecule has 0 amide bonds. The zero-order valence-corrected chi connectivity index (χ0v) is 9.28. The van der Waals surface area contributed by atoms with Crippen molar-refractivity contribution in [2.75, 3.05) is 0 Å². The van der Waals surface area contributed by atoms with E-state index in [0.29, 0.717) is 12.0 Å². The molecule has 0 heterocycles. The molecule has 3 nitrogen and oxygen atoms in total. The van der Waals surface area contributed by atoms with E-state index in [1.165, 1.54) is 18.2 Å². The fourth-order valence-corrected chi connectivity index (χ4v) is 1.31. The van der Waals surface area contributed by atoms with Gasteiger partial charge in [-0.15, -0.1) is 0 Å². The number of phenols is 2. The summed E-state index contributed by atoms with van der Waals surface area (Å²) in [5.41, 5.74) is 0.393. The lowest BCUT2D eigenvalue weighted by Crippen LogP contribution is -2.12. The van der Waals surface area contributed by atoms with Gasteiger partial charge in [0.25, 0.3) is 0 Å². The highest BCUT2D eigenvalue weighted by Crippen LogP contribution is 2.26. The van der Waals surface area contributed by atoms with Crippen LogP contribution in [0.3, 0.4) is 0 Å². The number of alkyl halides is 1. The van der Waals surface area contributed by atoms with Gasteiger partial charge in [0.05, 0.1) is 4.83 Å². The molecule has 2 N–H and O–H groups in total. The molecule has 0 fully saturated rings. The standard InChI is InChI=1S/C10H11BrO3/c1-2-7(11)10(14)6-3-4-8(12)9(13)5-6/h3-5,7,12-13H,2H2,1H3/t7-/m0/s1. The van der Waals surface area contributed by atoms with Crippen LogP contribution in [0, 0.1) is 0 Å². The first kappa shape index (κ1) is 11.0. The molecule has 0 saturated heterocycles. The zero-order valence-electron chi connectivity index (χ0n) is 7.70. The molecule has 1 aromatic carbocycles. The molecule has 14 heavy (non-hydrogen) atoms. The minimum absolute atomic E-state index is 0.0946. The summed E-state index contributed by atoms with van der Waals surface area (Å²) in [4.78, 5) is 11.4. The van der Waals surface area contributed by atoms with E-state index < -0.39 is 0 Å². The van der Waals surface area contributed by atoms with Gasteiger partial charge in [0, 0.05) is 5.56 Å². The molecule has 0 bridgehead atoms. The van der Waals surface area contributed by atoms with Gasteiger partial charge in [-0.25, -0.2) is 0 Å². The predicted octanol–water partition coefficient (Wildman–Crippen LogP) is 2.45. The van der Waals surface area contributed by atoms with Crippen LogP contribution in [0.2, 0.25) is 0 Å². The number of carbonyl (C=O) groups is 1. The van der Waals surface area contributed by atoms with Crippen molar-refractivity contribution >= 4 is 21.7 Å². The molecule has 4 heteroatoms. The molecule has 0 aromatic heterocycles. The molecule has 1 atom stereocenters. The molecule has 0 aliphatic rings. The van der Waals surface area contributed by atoms with E-state index in [-0.39, 0.29) is 22.1 Å². The van der Waals surface area contributed by atoms with Gasteiger partial charge in [0.2, 0.25) is 0 Å². The lowest BCUT2D eigenvalue weighted by Gasteiger charge is -2.06. The Morgan fingerprint density at radius 1 is 1.43 bits per heavy atom. The summed E-state index contributed by atoms with van der Waals surface area (Å²) in [6.45, 7) is 1.89.